The highest BCUT2D eigenvalue weighted by atomic mass is 35.7. The zero-order valence-corrected chi connectivity index (χ0v) is 13.5. The van der Waals surface area contributed by atoms with E-state index in [1.807, 2.05) is 20.8 Å². The zero-order chi connectivity index (χ0) is 15.1. The van der Waals surface area contributed by atoms with Crippen LogP contribution in [0.4, 0.5) is 0 Å². The van der Waals surface area contributed by atoms with E-state index in [1.54, 1.807) is 18.2 Å². The lowest BCUT2D eigenvalue weighted by Gasteiger charge is -2.13. The third kappa shape index (κ3) is 2.82. The fourth-order valence-corrected chi connectivity index (χ4v) is 3.18. The Labute approximate surface area is 127 Å². The number of rotatable bonds is 3. The van der Waals surface area contributed by atoms with E-state index < -0.39 is 9.05 Å². The molecule has 5 nitrogen and oxygen atoms in total. The Hall–Kier alpha value is -1.11. The maximum atomic E-state index is 11.6. The van der Waals surface area contributed by atoms with Crippen LogP contribution in [0.15, 0.2) is 23.4 Å². The van der Waals surface area contributed by atoms with Crippen LogP contribution in [-0.4, -0.2) is 23.2 Å². The van der Waals surface area contributed by atoms with Gasteiger partial charge in [-0.05, 0) is 44.5 Å². The van der Waals surface area contributed by atoms with E-state index >= 15 is 0 Å². The Morgan fingerprint density at radius 3 is 2.40 bits per heavy atom. The number of aromatic nitrogens is 3. The predicted octanol–water partition coefficient (Wildman–Crippen LogP) is 3.42. The third-order valence-electron chi connectivity index (χ3n) is 2.83. The van der Waals surface area contributed by atoms with Crippen LogP contribution in [0.2, 0.25) is 5.02 Å². The van der Waals surface area contributed by atoms with Crippen LogP contribution in [0.25, 0.3) is 11.4 Å². The van der Waals surface area contributed by atoms with Crippen molar-refractivity contribution < 1.29 is 8.42 Å². The summed E-state index contributed by atoms with van der Waals surface area (Å²) in [5.41, 5.74) is 1.65. The van der Waals surface area contributed by atoms with E-state index in [-0.39, 0.29) is 11.2 Å². The first-order valence-corrected chi connectivity index (χ1v) is 8.56. The summed E-state index contributed by atoms with van der Waals surface area (Å²) in [6.07, 6.45) is 0. The topological polar surface area (TPSA) is 64.8 Å². The molecular weight excluding hydrogens is 321 g/mol. The highest BCUT2D eigenvalue weighted by molar-refractivity contribution is 8.13. The summed E-state index contributed by atoms with van der Waals surface area (Å²) >= 11 is 5.92. The van der Waals surface area contributed by atoms with Gasteiger partial charge in [0, 0.05) is 27.3 Å². The molecule has 0 radical (unpaired) electrons. The molecule has 0 saturated heterocycles. The van der Waals surface area contributed by atoms with Crippen LogP contribution in [0.3, 0.4) is 0 Å². The van der Waals surface area contributed by atoms with E-state index in [1.165, 1.54) is 4.57 Å². The standard InChI is InChI=1S/C12H13Cl2N3O2S/c1-7(2)17-11(15-16-12(17)20(14,18)19)10-5-4-9(13)6-8(10)3/h4-7H,1-3H3. The van der Waals surface area contributed by atoms with E-state index in [9.17, 15) is 8.42 Å². The molecule has 108 valence electrons. The number of aryl methyl sites for hydroxylation is 1. The van der Waals surface area contributed by atoms with Crippen LogP contribution < -0.4 is 0 Å². The minimum Gasteiger partial charge on any atom is -0.294 e. The summed E-state index contributed by atoms with van der Waals surface area (Å²) in [5, 5.41) is 8.03. The highest BCUT2D eigenvalue weighted by Crippen LogP contribution is 2.29. The summed E-state index contributed by atoms with van der Waals surface area (Å²) in [5.74, 6) is 0.452. The molecule has 8 heteroatoms. The van der Waals surface area contributed by atoms with E-state index in [0.29, 0.717) is 10.8 Å². The van der Waals surface area contributed by atoms with Crippen molar-refractivity contribution in [2.45, 2.75) is 32.0 Å². The summed E-state index contributed by atoms with van der Waals surface area (Å²) in [6, 6.07) is 5.13. The molecular formula is C12H13Cl2N3O2S. The van der Waals surface area contributed by atoms with Crippen LogP contribution in [-0.2, 0) is 9.05 Å². The summed E-state index contributed by atoms with van der Waals surface area (Å²) < 4.78 is 24.6. The number of halogens is 2. The van der Waals surface area contributed by atoms with Crippen molar-refractivity contribution in [1.82, 2.24) is 14.8 Å². The molecule has 0 unspecified atom stereocenters. The molecule has 1 aromatic carbocycles. The molecule has 0 fully saturated rings. The van der Waals surface area contributed by atoms with E-state index in [2.05, 4.69) is 10.2 Å². The van der Waals surface area contributed by atoms with Gasteiger partial charge in [0.05, 0.1) is 0 Å². The number of nitrogens with zero attached hydrogens (tertiary/aromatic N) is 3. The van der Waals surface area contributed by atoms with Crippen LogP contribution in [0.5, 0.6) is 0 Å². The van der Waals surface area contributed by atoms with Gasteiger partial charge in [-0.1, -0.05) is 11.6 Å². The SMILES string of the molecule is Cc1cc(Cl)ccc1-c1nnc(S(=O)(=O)Cl)n1C(C)C. The van der Waals surface area contributed by atoms with Gasteiger partial charge >= 0.3 is 0 Å². The Morgan fingerprint density at radius 2 is 1.90 bits per heavy atom. The molecule has 0 saturated carbocycles. The van der Waals surface area contributed by atoms with Crippen molar-refractivity contribution in [2.75, 3.05) is 0 Å². The van der Waals surface area contributed by atoms with Crippen LogP contribution in [0.1, 0.15) is 25.5 Å². The van der Waals surface area contributed by atoms with Gasteiger partial charge in [-0.15, -0.1) is 10.2 Å². The lowest BCUT2D eigenvalue weighted by Crippen LogP contribution is -2.10. The quantitative estimate of drug-likeness (QED) is 0.807. The highest BCUT2D eigenvalue weighted by Gasteiger charge is 2.25. The monoisotopic (exact) mass is 333 g/mol. The Balaban J connectivity index is 2.73. The zero-order valence-electron chi connectivity index (χ0n) is 11.1. The Bertz CT molecular complexity index is 754. The normalized spacial score (nSPS) is 12.1. The van der Waals surface area contributed by atoms with Gasteiger partial charge in [0.2, 0.25) is 0 Å². The summed E-state index contributed by atoms with van der Waals surface area (Å²) in [6.45, 7) is 5.54. The molecule has 0 aliphatic heterocycles. The Morgan fingerprint density at radius 1 is 1.25 bits per heavy atom. The minimum absolute atomic E-state index is 0.154. The maximum absolute atomic E-state index is 11.6. The van der Waals surface area contributed by atoms with Crippen LogP contribution in [0, 0.1) is 6.92 Å². The second kappa shape index (κ2) is 5.35. The molecule has 0 amide bonds. The first-order chi connectivity index (χ1) is 9.21. The van der Waals surface area contributed by atoms with Gasteiger partial charge in [-0.3, -0.25) is 4.57 Å². The molecule has 0 aliphatic carbocycles. The number of hydrogen-bond acceptors (Lipinski definition) is 4. The summed E-state index contributed by atoms with van der Waals surface area (Å²) in [4.78, 5) is 0. The molecule has 2 aromatic rings. The smallest absolute Gasteiger partial charge is 0.294 e. The molecule has 0 spiro atoms. The van der Waals surface area contributed by atoms with Gasteiger partial charge in [0.25, 0.3) is 14.2 Å². The third-order valence-corrected chi connectivity index (χ3v) is 4.19. The predicted molar refractivity (Wildman–Crippen MR) is 78.6 cm³/mol. The van der Waals surface area contributed by atoms with Gasteiger partial charge in [-0.2, -0.15) is 0 Å². The number of benzene rings is 1. The molecule has 0 aliphatic rings. The first kappa shape index (κ1) is 15.3. The molecule has 20 heavy (non-hydrogen) atoms. The van der Waals surface area contributed by atoms with Gasteiger partial charge in [0.15, 0.2) is 5.82 Å². The van der Waals surface area contributed by atoms with E-state index in [0.717, 1.165) is 11.1 Å². The average molecular weight is 334 g/mol. The fraction of sp³-hybridized carbons (Fsp3) is 0.333. The van der Waals surface area contributed by atoms with Crippen molar-refractivity contribution in [3.63, 3.8) is 0 Å². The Kier molecular flexibility index (Phi) is 4.09. The number of hydrogen-bond donors (Lipinski definition) is 0. The average Bonchev–Trinajstić information content (AvgIpc) is 2.72. The molecule has 1 aromatic heterocycles. The van der Waals surface area contributed by atoms with Crippen molar-refractivity contribution >= 4 is 31.3 Å². The minimum atomic E-state index is -3.95. The fourth-order valence-electron chi connectivity index (χ4n) is 1.97. The molecule has 1 heterocycles. The van der Waals surface area contributed by atoms with Crippen molar-refractivity contribution in [2.24, 2.45) is 0 Å². The van der Waals surface area contributed by atoms with Crippen molar-refractivity contribution in [3.05, 3.63) is 28.8 Å². The molecule has 0 atom stereocenters. The molecule has 0 N–H and O–H groups in total. The van der Waals surface area contributed by atoms with Crippen molar-refractivity contribution in [3.8, 4) is 11.4 Å². The largest absolute Gasteiger partial charge is 0.296 e. The van der Waals surface area contributed by atoms with Gasteiger partial charge in [0.1, 0.15) is 0 Å². The lowest BCUT2D eigenvalue weighted by molar-refractivity contribution is 0.530. The second-order valence-electron chi connectivity index (χ2n) is 4.67. The second-order valence-corrected chi connectivity index (χ2v) is 7.56. The van der Waals surface area contributed by atoms with Crippen molar-refractivity contribution in [1.29, 1.82) is 0 Å². The molecule has 0 bridgehead atoms. The van der Waals surface area contributed by atoms with Gasteiger partial charge in [-0.25, -0.2) is 8.42 Å². The first-order valence-electron chi connectivity index (χ1n) is 5.88. The lowest BCUT2D eigenvalue weighted by atomic mass is 10.1. The van der Waals surface area contributed by atoms with Gasteiger partial charge < -0.3 is 0 Å². The summed E-state index contributed by atoms with van der Waals surface area (Å²) in [7, 11) is 1.45. The molecule has 2 rings (SSSR count). The maximum Gasteiger partial charge on any atom is 0.296 e. The van der Waals surface area contributed by atoms with E-state index in [4.69, 9.17) is 22.3 Å². The van der Waals surface area contributed by atoms with Crippen LogP contribution >= 0.6 is 22.3 Å².